The number of carboxylic acid groups (broad SMARTS) is 1. The summed E-state index contributed by atoms with van der Waals surface area (Å²) in [6.45, 7) is 3.70. The van der Waals surface area contributed by atoms with Crippen LogP contribution in [0.25, 0.3) is 0 Å². The van der Waals surface area contributed by atoms with E-state index in [-0.39, 0.29) is 12.3 Å². The van der Waals surface area contributed by atoms with E-state index in [1.165, 1.54) is 0 Å². The average Bonchev–Trinajstić information content (AvgIpc) is 1.63. The predicted octanol–water partition coefficient (Wildman–Crippen LogP) is 1.51. The minimum Gasteiger partial charge on any atom is -0.481 e. The Morgan fingerprint density at radius 2 is 2.38 bits per heavy atom. The summed E-state index contributed by atoms with van der Waals surface area (Å²) in [6.07, 6.45) is -0.500. The fraction of sp³-hybridized carbons (Fsp3) is 0.833. The van der Waals surface area contributed by atoms with Crippen molar-refractivity contribution < 1.29 is 11.3 Å². The quantitative estimate of drug-likeness (QED) is 0.608. The molecule has 0 aromatic carbocycles. The summed E-state index contributed by atoms with van der Waals surface area (Å²) < 4.78 is 7.18. The van der Waals surface area contributed by atoms with Gasteiger partial charge in [-0.15, -0.1) is 0 Å². The van der Waals surface area contributed by atoms with E-state index < -0.39 is 12.4 Å². The van der Waals surface area contributed by atoms with E-state index >= 15 is 0 Å². The summed E-state index contributed by atoms with van der Waals surface area (Å²) in [5.41, 5.74) is 0. The summed E-state index contributed by atoms with van der Waals surface area (Å²) in [6, 6.07) is 0. The predicted molar refractivity (Wildman–Crippen MR) is 31.7 cm³/mol. The van der Waals surface area contributed by atoms with E-state index in [2.05, 4.69) is 0 Å². The van der Waals surface area contributed by atoms with E-state index in [9.17, 15) is 4.79 Å². The molecule has 0 amide bonds. The van der Waals surface area contributed by atoms with E-state index in [0.29, 0.717) is 0 Å². The number of hydrogen-bond acceptors (Lipinski definition) is 1. The van der Waals surface area contributed by atoms with Crippen molar-refractivity contribution in [1.82, 2.24) is 0 Å². The van der Waals surface area contributed by atoms with E-state index in [1.807, 2.05) is 13.8 Å². The molecule has 0 aliphatic rings. The zero-order chi connectivity index (χ0) is 7.44. The first kappa shape index (κ1) is 5.60. The van der Waals surface area contributed by atoms with Crippen molar-refractivity contribution in [2.24, 2.45) is 5.92 Å². The van der Waals surface area contributed by atoms with Gasteiger partial charge >= 0.3 is 5.97 Å². The summed E-state index contributed by atoms with van der Waals surface area (Å²) in [4.78, 5) is 9.99. The number of carbonyl (C=O) groups is 1. The lowest BCUT2D eigenvalue weighted by Gasteiger charge is -1.97. The van der Waals surface area contributed by atoms with Gasteiger partial charge in [-0.2, -0.15) is 0 Å². The van der Waals surface area contributed by atoms with Gasteiger partial charge in [0.25, 0.3) is 0 Å². The average molecular weight is 117 g/mol. The molecule has 0 unspecified atom stereocenters. The molecule has 0 spiro atoms. The molecule has 0 fully saturated rings. The van der Waals surface area contributed by atoms with Gasteiger partial charge in [0.1, 0.15) is 0 Å². The smallest absolute Gasteiger partial charge is 0.303 e. The van der Waals surface area contributed by atoms with Crippen LogP contribution in [0.1, 0.15) is 28.0 Å². The molecule has 0 bridgehead atoms. The maximum Gasteiger partial charge on any atom is 0.303 e. The third kappa shape index (κ3) is 5.47. The molecule has 2 heteroatoms. The zero-order valence-electron chi connectivity index (χ0n) is 6.22. The fourth-order valence-electron chi connectivity index (χ4n) is 0.337. The third-order valence-electron chi connectivity index (χ3n) is 0.764. The van der Waals surface area contributed by atoms with Gasteiger partial charge in [0.2, 0.25) is 0 Å². The maximum absolute atomic E-state index is 9.99. The van der Waals surface area contributed by atoms with E-state index in [1.54, 1.807) is 0 Å². The van der Waals surface area contributed by atoms with Crippen LogP contribution in [0, 0.1) is 5.92 Å². The molecule has 1 atom stereocenters. The largest absolute Gasteiger partial charge is 0.481 e. The Morgan fingerprint density at radius 1 is 1.88 bits per heavy atom. The van der Waals surface area contributed by atoms with Crippen LogP contribution in [-0.2, 0) is 4.79 Å². The van der Waals surface area contributed by atoms with Crippen molar-refractivity contribution in [3.05, 3.63) is 0 Å². The van der Waals surface area contributed by atoms with Crippen molar-refractivity contribution >= 4 is 5.97 Å². The Hall–Kier alpha value is -0.530. The van der Waals surface area contributed by atoms with Crippen LogP contribution in [0.2, 0.25) is 0 Å². The van der Waals surface area contributed by atoms with E-state index in [0.717, 1.165) is 0 Å². The maximum atomic E-state index is 9.99. The molecule has 8 heavy (non-hydrogen) atoms. The highest BCUT2D eigenvalue weighted by Gasteiger charge is 1.97. The fourth-order valence-corrected chi connectivity index (χ4v) is 0.337. The number of hydrogen-bond donors (Lipinski definition) is 1. The Kier molecular flexibility index (Phi) is 2.43. The summed E-state index contributed by atoms with van der Waals surface area (Å²) in [5.74, 6) is -0.746. The van der Waals surface area contributed by atoms with Gasteiger partial charge < -0.3 is 5.11 Å². The van der Waals surface area contributed by atoms with Gasteiger partial charge in [0.05, 0.1) is 0 Å². The summed E-state index contributed by atoms with van der Waals surface area (Å²) in [5, 5.41) is 8.21. The Bertz CT molecular complexity index is 101. The zero-order valence-corrected chi connectivity index (χ0v) is 5.22. The second-order valence-electron chi connectivity index (χ2n) is 2.08. The monoisotopic (exact) mass is 117 g/mol. The second kappa shape index (κ2) is 3.47. The first-order valence-electron chi connectivity index (χ1n) is 3.25. The van der Waals surface area contributed by atoms with Gasteiger partial charge in [-0.3, -0.25) is 4.79 Å². The van der Waals surface area contributed by atoms with Crippen molar-refractivity contribution in [3.8, 4) is 0 Å². The third-order valence-corrected chi connectivity index (χ3v) is 0.764. The second-order valence-corrected chi connectivity index (χ2v) is 2.08. The normalized spacial score (nSPS) is 15.6. The molecule has 2 nitrogen and oxygen atoms in total. The highest BCUT2D eigenvalue weighted by molar-refractivity contribution is 5.66. The Labute approximate surface area is 50.9 Å². The minimum atomic E-state index is -0.885. The van der Waals surface area contributed by atoms with Gasteiger partial charge in [-0.25, -0.2) is 0 Å². The lowest BCUT2D eigenvalue weighted by Crippen LogP contribution is -1.97. The van der Waals surface area contributed by atoms with Crippen molar-refractivity contribution in [2.45, 2.75) is 26.7 Å². The van der Waals surface area contributed by atoms with Crippen LogP contribution >= 0.6 is 0 Å². The van der Waals surface area contributed by atoms with Crippen molar-refractivity contribution in [2.75, 3.05) is 0 Å². The molecule has 0 aromatic rings. The van der Waals surface area contributed by atoms with Crippen LogP contribution in [0.5, 0.6) is 0 Å². The van der Waals surface area contributed by atoms with Gasteiger partial charge in [-0.1, -0.05) is 13.8 Å². The Balaban J connectivity index is 3.50. The molecule has 0 aromatic heterocycles. The van der Waals surface area contributed by atoms with Crippen molar-refractivity contribution in [1.29, 1.82) is 0 Å². The lowest BCUT2D eigenvalue weighted by molar-refractivity contribution is -0.137. The molecule has 0 aliphatic carbocycles. The van der Waals surface area contributed by atoms with Gasteiger partial charge in [-0.05, 0) is 12.3 Å². The number of aliphatic carboxylic acids is 1. The molecule has 0 aliphatic heterocycles. The van der Waals surface area contributed by atoms with Crippen LogP contribution in [-0.4, -0.2) is 11.1 Å². The molecule has 0 heterocycles. The minimum absolute atomic E-state index is 0.0440. The highest BCUT2D eigenvalue weighted by atomic mass is 16.4. The molecule has 0 rings (SSSR count). The standard InChI is InChI=1S/C6H12O2/c1-5(2)3-4-6(7)8/h5H,3-4H2,1-2H3,(H,7,8)/i3D/t3-/m0/s1. The lowest BCUT2D eigenvalue weighted by atomic mass is 10.1. The molecular formula is C6H12O2. The first-order valence-corrected chi connectivity index (χ1v) is 2.68. The van der Waals surface area contributed by atoms with Crippen LogP contribution in [0.4, 0.5) is 0 Å². The van der Waals surface area contributed by atoms with Gasteiger partial charge in [0.15, 0.2) is 0 Å². The molecule has 1 N–H and O–H groups in total. The first-order chi connectivity index (χ1) is 4.04. The molecule has 0 radical (unpaired) electrons. The molecule has 0 saturated carbocycles. The SMILES string of the molecule is [2H][C@@H](CC(=O)O)C(C)C. The highest BCUT2D eigenvalue weighted by Crippen LogP contribution is 2.01. The van der Waals surface area contributed by atoms with Crippen molar-refractivity contribution in [3.63, 3.8) is 0 Å². The van der Waals surface area contributed by atoms with Crippen LogP contribution in [0.15, 0.2) is 0 Å². The number of rotatable bonds is 3. The summed E-state index contributed by atoms with van der Waals surface area (Å²) >= 11 is 0. The van der Waals surface area contributed by atoms with E-state index in [4.69, 9.17) is 6.48 Å². The van der Waals surface area contributed by atoms with Crippen LogP contribution < -0.4 is 0 Å². The number of carboxylic acids is 1. The molecular weight excluding hydrogens is 104 g/mol. The molecule has 0 saturated heterocycles. The van der Waals surface area contributed by atoms with Gasteiger partial charge in [0, 0.05) is 7.79 Å². The Morgan fingerprint density at radius 3 is 2.50 bits per heavy atom. The van der Waals surface area contributed by atoms with Crippen LogP contribution in [0.3, 0.4) is 0 Å². The molecule has 48 valence electrons. The summed E-state index contributed by atoms with van der Waals surface area (Å²) in [7, 11) is 0. The topological polar surface area (TPSA) is 37.3 Å².